The van der Waals surface area contributed by atoms with Crippen molar-refractivity contribution in [3.63, 3.8) is 0 Å². The van der Waals surface area contributed by atoms with Crippen LogP contribution in [-0.2, 0) is 0 Å². The normalized spacial score (nSPS) is 9.43. The Kier molecular flexibility index (Phi) is 6.47. The highest BCUT2D eigenvalue weighted by Crippen LogP contribution is 1.80. The van der Waals surface area contributed by atoms with E-state index in [4.69, 9.17) is 11.6 Å². The van der Waals surface area contributed by atoms with Crippen molar-refractivity contribution in [1.82, 2.24) is 5.32 Å². The minimum atomic E-state index is 0.740. The third-order valence-electron chi connectivity index (χ3n) is 0.673. The van der Waals surface area contributed by atoms with E-state index in [-0.39, 0.29) is 0 Å². The summed E-state index contributed by atoms with van der Waals surface area (Å²) >= 11 is 5.38. The van der Waals surface area contributed by atoms with Gasteiger partial charge in [-0.25, -0.2) is 5.32 Å². The van der Waals surface area contributed by atoms with E-state index < -0.39 is 0 Å². The fourth-order valence-corrected chi connectivity index (χ4v) is 0.449. The average molecular weight is 121 g/mol. The average Bonchev–Trinajstić information content (AvgIpc) is 1.69. The molecule has 1 radical (unpaired) electrons. The molecule has 0 saturated heterocycles. The van der Waals surface area contributed by atoms with Crippen LogP contribution in [0.3, 0.4) is 0 Å². The van der Waals surface area contributed by atoms with Gasteiger partial charge in [0.25, 0.3) is 0 Å². The minimum Gasteiger partial charge on any atom is -0.242 e. The monoisotopic (exact) mass is 120 g/mol. The van der Waals surface area contributed by atoms with Gasteiger partial charge >= 0.3 is 0 Å². The summed E-state index contributed by atoms with van der Waals surface area (Å²) in [4.78, 5) is 0. The smallest absolute Gasteiger partial charge is 0.0236 e. The molecule has 0 saturated carbocycles. The largest absolute Gasteiger partial charge is 0.242 e. The first kappa shape index (κ1) is 7.25. The van der Waals surface area contributed by atoms with Crippen molar-refractivity contribution in [2.24, 2.45) is 0 Å². The molecule has 7 heavy (non-hydrogen) atoms. The molecule has 0 aliphatic heterocycles. The summed E-state index contributed by atoms with van der Waals surface area (Å²) in [6, 6.07) is 0. The Morgan fingerprint density at radius 2 is 2.29 bits per heavy atom. The van der Waals surface area contributed by atoms with Crippen LogP contribution in [0.4, 0.5) is 0 Å². The van der Waals surface area contributed by atoms with Crippen molar-refractivity contribution in [2.75, 3.05) is 19.0 Å². The zero-order valence-corrected chi connectivity index (χ0v) is 5.41. The second kappa shape index (κ2) is 6.25. The van der Waals surface area contributed by atoms with Crippen LogP contribution in [0.5, 0.6) is 0 Å². The van der Waals surface area contributed by atoms with Crippen LogP contribution in [0.2, 0.25) is 0 Å². The fraction of sp³-hybridized carbons (Fsp3) is 1.00. The summed E-state index contributed by atoms with van der Waals surface area (Å²) in [5.74, 6) is 0.740. The second-order valence-corrected chi connectivity index (χ2v) is 1.68. The number of alkyl halides is 1. The lowest BCUT2D eigenvalue weighted by molar-refractivity contribution is 0.691. The van der Waals surface area contributed by atoms with Crippen LogP contribution in [-0.4, -0.2) is 19.0 Å². The Balaban J connectivity index is 2.45. The number of rotatable bonds is 4. The highest BCUT2D eigenvalue weighted by molar-refractivity contribution is 6.17. The molecule has 0 rings (SSSR count). The van der Waals surface area contributed by atoms with Gasteiger partial charge in [-0.2, -0.15) is 0 Å². The van der Waals surface area contributed by atoms with Crippen LogP contribution < -0.4 is 5.32 Å². The maximum Gasteiger partial charge on any atom is 0.0236 e. The van der Waals surface area contributed by atoms with Gasteiger partial charge in [-0.1, -0.05) is 6.92 Å². The number of hydrogen-bond donors (Lipinski definition) is 0. The Bertz CT molecular complexity index is 27.3. The zero-order valence-electron chi connectivity index (χ0n) is 4.65. The molecule has 0 aromatic carbocycles. The first-order valence-corrected chi connectivity index (χ1v) is 3.14. The van der Waals surface area contributed by atoms with E-state index >= 15 is 0 Å². The van der Waals surface area contributed by atoms with Gasteiger partial charge in [0.1, 0.15) is 0 Å². The van der Waals surface area contributed by atoms with Crippen LogP contribution in [0.25, 0.3) is 0 Å². The number of nitrogens with zero attached hydrogens (tertiary/aromatic N) is 1. The zero-order chi connectivity index (χ0) is 5.54. The van der Waals surface area contributed by atoms with Crippen molar-refractivity contribution >= 4 is 11.6 Å². The van der Waals surface area contributed by atoms with Gasteiger partial charge in [0.2, 0.25) is 0 Å². The van der Waals surface area contributed by atoms with Crippen molar-refractivity contribution in [3.05, 3.63) is 0 Å². The first-order valence-electron chi connectivity index (χ1n) is 2.61. The maximum atomic E-state index is 5.38. The second-order valence-electron chi connectivity index (χ2n) is 1.31. The molecule has 0 spiro atoms. The molecule has 0 unspecified atom stereocenters. The fourth-order valence-electron chi connectivity index (χ4n) is 0.330. The summed E-state index contributed by atoms with van der Waals surface area (Å²) in [6.07, 6.45) is 1.02. The molecule has 0 fully saturated rings. The molecule has 0 atom stereocenters. The third kappa shape index (κ3) is 6.25. The molecule has 0 bridgehead atoms. The molecular formula is C5H11ClN. The molecule has 0 aliphatic rings. The highest BCUT2D eigenvalue weighted by atomic mass is 35.5. The van der Waals surface area contributed by atoms with E-state index in [1.165, 1.54) is 0 Å². The van der Waals surface area contributed by atoms with E-state index in [1.54, 1.807) is 0 Å². The number of hydrogen-bond acceptors (Lipinski definition) is 0. The molecule has 0 heterocycles. The van der Waals surface area contributed by atoms with Gasteiger partial charge in [0, 0.05) is 19.0 Å². The Morgan fingerprint density at radius 3 is 2.71 bits per heavy atom. The van der Waals surface area contributed by atoms with Crippen LogP contribution in [0.1, 0.15) is 13.3 Å². The predicted octanol–water partition coefficient (Wildman–Crippen LogP) is 1.24. The molecule has 2 heteroatoms. The van der Waals surface area contributed by atoms with E-state index in [0.717, 1.165) is 25.4 Å². The molecule has 0 N–H and O–H groups in total. The van der Waals surface area contributed by atoms with Gasteiger partial charge in [-0.3, -0.25) is 0 Å². The van der Waals surface area contributed by atoms with Gasteiger partial charge in [0.15, 0.2) is 0 Å². The van der Waals surface area contributed by atoms with E-state index in [9.17, 15) is 0 Å². The van der Waals surface area contributed by atoms with E-state index in [2.05, 4.69) is 5.32 Å². The SMILES string of the molecule is CC[N]CCCCl. The lowest BCUT2D eigenvalue weighted by Gasteiger charge is -1.91. The Hall–Kier alpha value is 0.250. The summed E-state index contributed by atoms with van der Waals surface area (Å²) in [5.41, 5.74) is 0. The summed E-state index contributed by atoms with van der Waals surface area (Å²) < 4.78 is 0. The predicted molar refractivity (Wildman–Crippen MR) is 32.9 cm³/mol. The highest BCUT2D eigenvalue weighted by Gasteiger charge is 1.80. The van der Waals surface area contributed by atoms with Crippen molar-refractivity contribution in [3.8, 4) is 0 Å². The molecule has 0 aromatic heterocycles. The maximum absolute atomic E-state index is 5.38. The topological polar surface area (TPSA) is 14.1 Å². The van der Waals surface area contributed by atoms with Crippen LogP contribution >= 0.6 is 11.6 Å². The standard InChI is InChI=1S/C5H11ClN/c1-2-7-5-3-4-6/h2-5H2,1H3. The Morgan fingerprint density at radius 1 is 1.57 bits per heavy atom. The van der Waals surface area contributed by atoms with Gasteiger partial charge in [0.05, 0.1) is 0 Å². The summed E-state index contributed by atoms with van der Waals surface area (Å²) in [6.45, 7) is 3.89. The Labute approximate surface area is 50.1 Å². The molecule has 0 amide bonds. The molecule has 0 aromatic rings. The molecule has 43 valence electrons. The quantitative estimate of drug-likeness (QED) is 0.392. The van der Waals surface area contributed by atoms with Crippen molar-refractivity contribution < 1.29 is 0 Å². The summed E-state index contributed by atoms with van der Waals surface area (Å²) in [5, 5.41) is 4.08. The van der Waals surface area contributed by atoms with Crippen LogP contribution in [0, 0.1) is 0 Å². The van der Waals surface area contributed by atoms with Crippen LogP contribution in [0.15, 0.2) is 0 Å². The lowest BCUT2D eigenvalue weighted by atomic mass is 10.5. The molecular weight excluding hydrogens is 110 g/mol. The minimum absolute atomic E-state index is 0.740. The van der Waals surface area contributed by atoms with Gasteiger partial charge in [-0.05, 0) is 6.42 Å². The number of halogens is 1. The molecule has 0 aliphatic carbocycles. The van der Waals surface area contributed by atoms with Crippen molar-refractivity contribution in [2.45, 2.75) is 13.3 Å². The van der Waals surface area contributed by atoms with Crippen molar-refractivity contribution in [1.29, 1.82) is 0 Å². The van der Waals surface area contributed by atoms with Gasteiger partial charge in [-0.15, -0.1) is 11.6 Å². The van der Waals surface area contributed by atoms with Gasteiger partial charge < -0.3 is 0 Å². The summed E-state index contributed by atoms with van der Waals surface area (Å²) in [7, 11) is 0. The van der Waals surface area contributed by atoms with E-state index in [0.29, 0.717) is 0 Å². The third-order valence-corrected chi connectivity index (χ3v) is 0.941. The first-order chi connectivity index (χ1) is 3.41. The lowest BCUT2D eigenvalue weighted by Crippen LogP contribution is -2.05. The molecule has 1 nitrogen and oxygen atoms in total. The van der Waals surface area contributed by atoms with E-state index in [1.807, 2.05) is 6.92 Å².